The molecule has 4 nitrogen and oxygen atoms in total. The molecular weight excluding hydrogens is 357 g/mol. The van der Waals surface area contributed by atoms with Crippen LogP contribution in [0.15, 0.2) is 72.8 Å². The summed E-state index contributed by atoms with van der Waals surface area (Å²) in [5.41, 5.74) is 3.47. The molecule has 0 amide bonds. The minimum absolute atomic E-state index is 0.0607. The van der Waals surface area contributed by atoms with Gasteiger partial charge in [-0.15, -0.1) is 0 Å². The Morgan fingerprint density at radius 2 is 1.82 bits per heavy atom. The number of hydrogen-bond donors (Lipinski definition) is 1. The number of aromatic carboxylic acids is 1. The van der Waals surface area contributed by atoms with Crippen LogP contribution in [0.5, 0.6) is 5.75 Å². The van der Waals surface area contributed by atoms with Crippen LogP contribution in [0.25, 0.3) is 22.2 Å². The summed E-state index contributed by atoms with van der Waals surface area (Å²) in [7, 11) is 1.62. The highest BCUT2D eigenvalue weighted by atomic mass is 19.1. The molecule has 0 saturated heterocycles. The van der Waals surface area contributed by atoms with E-state index in [1.54, 1.807) is 7.11 Å². The van der Waals surface area contributed by atoms with Gasteiger partial charge in [0.25, 0.3) is 0 Å². The van der Waals surface area contributed by atoms with Crippen LogP contribution in [0.1, 0.15) is 15.9 Å². The Morgan fingerprint density at radius 3 is 2.54 bits per heavy atom. The zero-order valence-corrected chi connectivity index (χ0v) is 15.2. The van der Waals surface area contributed by atoms with Gasteiger partial charge in [-0.1, -0.05) is 30.3 Å². The number of halogens is 1. The zero-order valence-electron chi connectivity index (χ0n) is 15.2. The summed E-state index contributed by atoms with van der Waals surface area (Å²) >= 11 is 0. The topological polar surface area (TPSA) is 51.5 Å². The monoisotopic (exact) mass is 375 g/mol. The SMILES string of the molecule is COc1ccc2c(c1)cc(-c1ccccc1)n2Cc1cc(F)cc(C(=O)O)c1. The first-order valence-corrected chi connectivity index (χ1v) is 8.80. The lowest BCUT2D eigenvalue weighted by atomic mass is 10.1. The van der Waals surface area contributed by atoms with Crippen molar-refractivity contribution in [3.05, 3.63) is 89.7 Å². The molecule has 0 spiro atoms. The van der Waals surface area contributed by atoms with Crippen molar-refractivity contribution in [2.24, 2.45) is 0 Å². The number of carboxylic acids is 1. The number of aromatic nitrogens is 1. The molecule has 0 saturated carbocycles. The predicted molar refractivity (Wildman–Crippen MR) is 106 cm³/mol. The normalized spacial score (nSPS) is 10.9. The van der Waals surface area contributed by atoms with Gasteiger partial charge < -0.3 is 14.4 Å². The molecule has 1 N–H and O–H groups in total. The molecule has 0 unspecified atom stereocenters. The van der Waals surface area contributed by atoms with Gasteiger partial charge >= 0.3 is 5.97 Å². The first-order valence-electron chi connectivity index (χ1n) is 8.80. The van der Waals surface area contributed by atoms with Crippen molar-refractivity contribution in [2.75, 3.05) is 7.11 Å². The first kappa shape index (κ1) is 17.8. The van der Waals surface area contributed by atoms with E-state index in [0.717, 1.165) is 34.0 Å². The lowest BCUT2D eigenvalue weighted by Crippen LogP contribution is -2.05. The van der Waals surface area contributed by atoms with Crippen molar-refractivity contribution in [2.45, 2.75) is 6.54 Å². The predicted octanol–water partition coefficient (Wildman–Crippen LogP) is 5.20. The molecule has 0 radical (unpaired) electrons. The number of benzene rings is 3. The van der Waals surface area contributed by atoms with E-state index >= 15 is 0 Å². The summed E-state index contributed by atoms with van der Waals surface area (Å²) in [6.07, 6.45) is 0. The van der Waals surface area contributed by atoms with E-state index < -0.39 is 11.8 Å². The summed E-state index contributed by atoms with van der Waals surface area (Å²) in [5, 5.41) is 10.2. The molecule has 5 heteroatoms. The molecule has 140 valence electrons. The van der Waals surface area contributed by atoms with Gasteiger partial charge in [-0.3, -0.25) is 0 Å². The van der Waals surface area contributed by atoms with Crippen LogP contribution in [-0.4, -0.2) is 22.8 Å². The number of nitrogens with zero attached hydrogens (tertiary/aromatic N) is 1. The summed E-state index contributed by atoms with van der Waals surface area (Å²) in [6, 6.07) is 21.6. The molecule has 0 bridgehead atoms. The standard InChI is InChI=1S/C23H18FNO3/c1-28-20-7-8-21-17(12-20)13-22(16-5-3-2-4-6-16)25(21)14-15-9-18(23(26)27)11-19(24)10-15/h2-13H,14H2,1H3,(H,26,27). The number of fused-ring (bicyclic) bond motifs is 1. The van der Waals surface area contributed by atoms with Gasteiger partial charge in [-0.25, -0.2) is 9.18 Å². The third-order valence-corrected chi connectivity index (χ3v) is 4.72. The van der Waals surface area contributed by atoms with Crippen LogP contribution in [0.2, 0.25) is 0 Å². The fraction of sp³-hybridized carbons (Fsp3) is 0.0870. The van der Waals surface area contributed by atoms with Gasteiger partial charge in [0.1, 0.15) is 11.6 Å². The van der Waals surface area contributed by atoms with Gasteiger partial charge in [0.2, 0.25) is 0 Å². The summed E-state index contributed by atoms with van der Waals surface area (Å²) in [4.78, 5) is 11.3. The molecule has 0 aliphatic rings. The van der Waals surface area contributed by atoms with Crippen molar-refractivity contribution >= 4 is 16.9 Å². The maximum absolute atomic E-state index is 14.0. The van der Waals surface area contributed by atoms with Crippen LogP contribution in [0, 0.1) is 5.82 Å². The summed E-state index contributed by atoms with van der Waals surface area (Å²) in [6.45, 7) is 0.345. The van der Waals surface area contributed by atoms with E-state index in [1.165, 1.54) is 12.1 Å². The zero-order chi connectivity index (χ0) is 19.7. The highest BCUT2D eigenvalue weighted by molar-refractivity contribution is 5.89. The maximum atomic E-state index is 14.0. The number of methoxy groups -OCH3 is 1. The number of carboxylic acid groups (broad SMARTS) is 1. The molecule has 0 aliphatic carbocycles. The van der Waals surface area contributed by atoms with Crippen molar-refractivity contribution < 1.29 is 19.0 Å². The Morgan fingerprint density at radius 1 is 1.04 bits per heavy atom. The number of carbonyl (C=O) groups is 1. The highest BCUT2D eigenvalue weighted by Gasteiger charge is 2.14. The third kappa shape index (κ3) is 3.34. The molecule has 0 fully saturated rings. The lowest BCUT2D eigenvalue weighted by molar-refractivity contribution is 0.0696. The first-order chi connectivity index (χ1) is 13.5. The van der Waals surface area contributed by atoms with Crippen LogP contribution >= 0.6 is 0 Å². The summed E-state index contributed by atoms with van der Waals surface area (Å²) in [5.74, 6) is -0.955. The minimum atomic E-state index is -1.15. The molecule has 1 heterocycles. The van der Waals surface area contributed by atoms with Gasteiger partial charge in [-0.2, -0.15) is 0 Å². The Bertz CT molecular complexity index is 1170. The second kappa shape index (κ2) is 7.19. The maximum Gasteiger partial charge on any atom is 0.335 e. The van der Waals surface area contributed by atoms with Crippen LogP contribution in [-0.2, 0) is 6.54 Å². The lowest BCUT2D eigenvalue weighted by Gasteiger charge is -2.12. The van der Waals surface area contributed by atoms with Crippen molar-refractivity contribution in [3.8, 4) is 17.0 Å². The second-order valence-electron chi connectivity index (χ2n) is 6.56. The average molecular weight is 375 g/mol. The van der Waals surface area contributed by atoms with E-state index in [2.05, 4.69) is 10.6 Å². The van der Waals surface area contributed by atoms with E-state index in [-0.39, 0.29) is 5.56 Å². The van der Waals surface area contributed by atoms with Gasteiger partial charge in [-0.05, 0) is 53.6 Å². The molecule has 4 rings (SSSR count). The molecule has 0 atom stereocenters. The fourth-order valence-electron chi connectivity index (χ4n) is 3.44. The quantitative estimate of drug-likeness (QED) is 0.521. The largest absolute Gasteiger partial charge is 0.497 e. The fourth-order valence-corrected chi connectivity index (χ4v) is 3.44. The Balaban J connectivity index is 1.89. The number of rotatable bonds is 5. The third-order valence-electron chi connectivity index (χ3n) is 4.72. The van der Waals surface area contributed by atoms with Crippen molar-refractivity contribution in [3.63, 3.8) is 0 Å². The molecule has 28 heavy (non-hydrogen) atoms. The molecular formula is C23H18FNO3. The Labute approximate surface area is 161 Å². The Kier molecular flexibility index (Phi) is 4.57. The molecule has 1 aromatic heterocycles. The Hall–Kier alpha value is -3.60. The van der Waals surface area contributed by atoms with E-state index in [9.17, 15) is 14.3 Å². The summed E-state index contributed by atoms with van der Waals surface area (Å²) < 4.78 is 21.4. The average Bonchev–Trinajstić information content (AvgIpc) is 3.05. The number of hydrogen-bond acceptors (Lipinski definition) is 2. The van der Waals surface area contributed by atoms with Gasteiger partial charge in [0.15, 0.2) is 0 Å². The van der Waals surface area contributed by atoms with E-state index in [1.807, 2.05) is 48.5 Å². The second-order valence-corrected chi connectivity index (χ2v) is 6.56. The number of ether oxygens (including phenoxy) is 1. The minimum Gasteiger partial charge on any atom is -0.497 e. The van der Waals surface area contributed by atoms with Crippen LogP contribution in [0.3, 0.4) is 0 Å². The molecule has 0 aliphatic heterocycles. The van der Waals surface area contributed by atoms with Crippen molar-refractivity contribution in [1.29, 1.82) is 0 Å². The molecule has 3 aromatic carbocycles. The van der Waals surface area contributed by atoms with Gasteiger partial charge in [0, 0.05) is 23.1 Å². The molecule has 4 aromatic rings. The van der Waals surface area contributed by atoms with Gasteiger partial charge in [0.05, 0.1) is 12.7 Å². The van der Waals surface area contributed by atoms with Crippen molar-refractivity contribution in [1.82, 2.24) is 4.57 Å². The van der Waals surface area contributed by atoms with Crippen LogP contribution < -0.4 is 4.74 Å². The van der Waals surface area contributed by atoms with Crippen LogP contribution in [0.4, 0.5) is 4.39 Å². The highest BCUT2D eigenvalue weighted by Crippen LogP contribution is 2.31. The van der Waals surface area contributed by atoms with E-state index in [4.69, 9.17) is 4.74 Å². The smallest absolute Gasteiger partial charge is 0.335 e. The van der Waals surface area contributed by atoms with E-state index in [0.29, 0.717) is 12.1 Å².